The fraction of sp³-hybridized carbons (Fsp3) is 0.429. The summed E-state index contributed by atoms with van der Waals surface area (Å²) in [6.07, 6.45) is -0.774. The molecule has 0 saturated heterocycles. The Labute approximate surface area is 169 Å². The number of carbonyl (C=O) groups is 2. The molecular weight excluding hydrogens is 376 g/mol. The molecule has 0 aliphatic carbocycles. The van der Waals surface area contributed by atoms with Crippen molar-refractivity contribution in [2.45, 2.75) is 51.5 Å². The molecule has 2 unspecified atom stereocenters. The summed E-state index contributed by atoms with van der Waals surface area (Å²) in [6, 6.07) is 8.06. The number of rotatable bonds is 5. The van der Waals surface area contributed by atoms with E-state index in [0.29, 0.717) is 17.9 Å². The molecular formula is C21H26N2O6. The van der Waals surface area contributed by atoms with Crippen molar-refractivity contribution in [3.63, 3.8) is 0 Å². The maximum atomic E-state index is 11.9. The summed E-state index contributed by atoms with van der Waals surface area (Å²) in [4.78, 5) is 25.2. The Morgan fingerprint density at radius 1 is 1.31 bits per heavy atom. The minimum absolute atomic E-state index is 0.0157. The van der Waals surface area contributed by atoms with Gasteiger partial charge in [-0.15, -0.1) is 0 Å². The predicted octanol–water partition coefficient (Wildman–Crippen LogP) is 2.78. The van der Waals surface area contributed by atoms with Gasteiger partial charge in [0.05, 0.1) is 0 Å². The van der Waals surface area contributed by atoms with E-state index in [9.17, 15) is 19.8 Å². The van der Waals surface area contributed by atoms with Gasteiger partial charge >= 0.3 is 12.1 Å². The van der Waals surface area contributed by atoms with Gasteiger partial charge in [0.15, 0.2) is 0 Å². The van der Waals surface area contributed by atoms with E-state index in [2.05, 4.69) is 5.32 Å². The summed E-state index contributed by atoms with van der Waals surface area (Å²) in [6.45, 7) is 5.11. The van der Waals surface area contributed by atoms with E-state index in [-0.39, 0.29) is 6.42 Å². The Morgan fingerprint density at radius 2 is 2.03 bits per heavy atom. The number of hydrogen-bond acceptors (Lipinski definition) is 6. The molecule has 1 aliphatic heterocycles. The Hall–Kier alpha value is -3.00. The fourth-order valence-electron chi connectivity index (χ4n) is 3.21. The molecule has 1 aliphatic rings. The van der Waals surface area contributed by atoms with E-state index in [1.807, 2.05) is 25.2 Å². The molecule has 3 N–H and O–H groups in total. The number of fused-ring (bicyclic) bond motifs is 1. The van der Waals surface area contributed by atoms with Crippen LogP contribution in [0.15, 0.2) is 34.7 Å². The van der Waals surface area contributed by atoms with Crippen LogP contribution in [0.3, 0.4) is 0 Å². The van der Waals surface area contributed by atoms with Gasteiger partial charge in [-0.25, -0.2) is 9.59 Å². The first-order chi connectivity index (χ1) is 13.5. The first kappa shape index (κ1) is 20.7. The number of benzene rings is 1. The van der Waals surface area contributed by atoms with Crippen LogP contribution in [0.2, 0.25) is 0 Å². The minimum atomic E-state index is -1.18. The molecule has 0 bridgehead atoms. The lowest BCUT2D eigenvalue weighted by atomic mass is 10.1. The lowest BCUT2D eigenvalue weighted by molar-refractivity contribution is -0.139. The number of aliphatic hydroxyl groups is 1. The maximum absolute atomic E-state index is 11.9. The number of carbonyl (C=O) groups excluding carboxylic acids is 1. The topological polar surface area (TPSA) is 112 Å². The maximum Gasteiger partial charge on any atom is 0.408 e. The standard InChI is InChI=1S/C21H26N2O6/c1-21(2,3)29-20(27)22-15(19(25)26)11-14-7-8-17(28-14)13-6-5-12-10-18(24)23(4)16(12)9-13/h5-9,15,18,24H,10-11H2,1-4H3,(H,22,27)(H,25,26). The third-order valence-electron chi connectivity index (χ3n) is 4.66. The third-order valence-corrected chi connectivity index (χ3v) is 4.66. The van der Waals surface area contributed by atoms with Crippen molar-refractivity contribution in [2.75, 3.05) is 11.9 Å². The van der Waals surface area contributed by atoms with Gasteiger partial charge in [-0.1, -0.05) is 12.1 Å². The Kier molecular flexibility index (Phi) is 5.57. The average Bonchev–Trinajstić information content (AvgIpc) is 3.17. The van der Waals surface area contributed by atoms with Gasteiger partial charge < -0.3 is 29.6 Å². The van der Waals surface area contributed by atoms with E-state index in [0.717, 1.165) is 16.8 Å². The van der Waals surface area contributed by atoms with Crippen molar-refractivity contribution in [3.05, 3.63) is 41.7 Å². The Bertz CT molecular complexity index is 914. The Balaban J connectivity index is 1.72. The van der Waals surface area contributed by atoms with Gasteiger partial charge in [0.2, 0.25) is 0 Å². The highest BCUT2D eigenvalue weighted by molar-refractivity contribution is 5.80. The summed E-state index contributed by atoms with van der Waals surface area (Å²) < 4.78 is 10.9. The fourth-order valence-corrected chi connectivity index (χ4v) is 3.21. The summed E-state index contributed by atoms with van der Waals surface area (Å²) in [5, 5.41) is 21.8. The van der Waals surface area contributed by atoms with Crippen LogP contribution in [0.1, 0.15) is 32.1 Å². The zero-order chi connectivity index (χ0) is 21.3. The lowest BCUT2D eigenvalue weighted by Gasteiger charge is -2.21. The minimum Gasteiger partial charge on any atom is -0.480 e. The highest BCUT2D eigenvalue weighted by Crippen LogP contribution is 2.34. The monoisotopic (exact) mass is 402 g/mol. The molecule has 2 atom stereocenters. The van der Waals surface area contributed by atoms with Crippen LogP contribution in [-0.2, 0) is 22.4 Å². The molecule has 8 heteroatoms. The van der Waals surface area contributed by atoms with E-state index in [1.54, 1.807) is 37.8 Å². The number of aliphatic hydroxyl groups excluding tert-OH is 1. The summed E-state index contributed by atoms with van der Waals surface area (Å²) in [5.41, 5.74) is 2.09. The van der Waals surface area contributed by atoms with Crippen LogP contribution in [0, 0.1) is 0 Å². The molecule has 3 rings (SSSR count). The van der Waals surface area contributed by atoms with Gasteiger partial charge in [-0.05, 0) is 44.5 Å². The molecule has 0 radical (unpaired) electrons. The summed E-state index contributed by atoms with van der Waals surface area (Å²) in [7, 11) is 1.83. The molecule has 156 valence electrons. The number of hydrogen-bond donors (Lipinski definition) is 3. The molecule has 2 aromatic rings. The van der Waals surface area contributed by atoms with E-state index in [4.69, 9.17) is 9.15 Å². The number of aliphatic carboxylic acids is 1. The number of carboxylic acid groups (broad SMARTS) is 1. The van der Waals surface area contributed by atoms with Crippen molar-refractivity contribution >= 4 is 17.7 Å². The highest BCUT2D eigenvalue weighted by atomic mass is 16.6. The molecule has 0 fully saturated rings. The quantitative estimate of drug-likeness (QED) is 0.705. The van der Waals surface area contributed by atoms with E-state index < -0.39 is 29.9 Å². The number of anilines is 1. The number of furan rings is 1. The van der Waals surface area contributed by atoms with Gasteiger partial charge in [0.25, 0.3) is 0 Å². The normalized spacial score (nSPS) is 17.0. The van der Waals surface area contributed by atoms with Gasteiger partial charge in [-0.2, -0.15) is 0 Å². The van der Waals surface area contributed by atoms with Crippen molar-refractivity contribution in [2.24, 2.45) is 0 Å². The number of alkyl carbamates (subject to hydrolysis) is 1. The van der Waals surface area contributed by atoms with Gasteiger partial charge in [0.1, 0.15) is 29.4 Å². The second-order valence-corrected chi connectivity index (χ2v) is 8.15. The molecule has 1 amide bonds. The van der Waals surface area contributed by atoms with E-state index >= 15 is 0 Å². The van der Waals surface area contributed by atoms with Gasteiger partial charge in [0, 0.05) is 31.1 Å². The largest absolute Gasteiger partial charge is 0.480 e. The first-order valence-electron chi connectivity index (χ1n) is 9.39. The van der Waals surface area contributed by atoms with Crippen LogP contribution in [-0.4, -0.2) is 47.2 Å². The van der Waals surface area contributed by atoms with E-state index in [1.165, 1.54) is 0 Å². The third kappa shape index (κ3) is 4.89. The average molecular weight is 402 g/mol. The second kappa shape index (κ2) is 7.79. The molecule has 0 saturated carbocycles. The number of carboxylic acids is 1. The van der Waals surface area contributed by atoms with Crippen molar-refractivity contribution in [1.29, 1.82) is 0 Å². The van der Waals surface area contributed by atoms with Crippen LogP contribution in [0.5, 0.6) is 0 Å². The van der Waals surface area contributed by atoms with Crippen LogP contribution < -0.4 is 10.2 Å². The number of ether oxygens (including phenoxy) is 1. The molecule has 0 spiro atoms. The summed E-state index contributed by atoms with van der Waals surface area (Å²) in [5.74, 6) is -0.168. The summed E-state index contributed by atoms with van der Waals surface area (Å²) >= 11 is 0. The smallest absolute Gasteiger partial charge is 0.408 e. The first-order valence-corrected chi connectivity index (χ1v) is 9.39. The predicted molar refractivity (Wildman–Crippen MR) is 107 cm³/mol. The molecule has 1 aromatic carbocycles. The number of nitrogens with zero attached hydrogens (tertiary/aromatic N) is 1. The lowest BCUT2D eigenvalue weighted by Crippen LogP contribution is -2.44. The van der Waals surface area contributed by atoms with Crippen LogP contribution in [0.25, 0.3) is 11.3 Å². The number of amides is 1. The van der Waals surface area contributed by atoms with Crippen molar-refractivity contribution in [1.82, 2.24) is 5.32 Å². The number of nitrogens with one attached hydrogen (secondary N) is 1. The molecule has 2 heterocycles. The van der Waals surface area contributed by atoms with Crippen molar-refractivity contribution < 1.29 is 29.0 Å². The highest BCUT2D eigenvalue weighted by Gasteiger charge is 2.27. The van der Waals surface area contributed by atoms with Crippen molar-refractivity contribution in [3.8, 4) is 11.3 Å². The second-order valence-electron chi connectivity index (χ2n) is 8.15. The zero-order valence-electron chi connectivity index (χ0n) is 16.9. The SMILES string of the molecule is CN1c2cc(-c3ccc(CC(NC(=O)OC(C)(C)C)C(=O)O)o3)ccc2CC1O. The number of likely N-dealkylation sites (N-methyl/N-ethyl adjacent to an activating group) is 1. The molecule has 8 nitrogen and oxygen atoms in total. The van der Waals surface area contributed by atoms with Gasteiger partial charge in [-0.3, -0.25) is 0 Å². The van der Waals surface area contributed by atoms with Crippen LogP contribution >= 0.6 is 0 Å². The molecule has 29 heavy (non-hydrogen) atoms. The molecule has 1 aromatic heterocycles. The van der Waals surface area contributed by atoms with Crippen LogP contribution in [0.4, 0.5) is 10.5 Å². The zero-order valence-corrected chi connectivity index (χ0v) is 16.9. The Morgan fingerprint density at radius 3 is 2.69 bits per heavy atom.